The van der Waals surface area contributed by atoms with Crippen LogP contribution in [0.15, 0.2) is 48.5 Å². The van der Waals surface area contributed by atoms with E-state index in [1.165, 1.54) is 12.1 Å². The maximum absolute atomic E-state index is 12.4. The summed E-state index contributed by atoms with van der Waals surface area (Å²) in [5.41, 5.74) is 1.86. The van der Waals surface area contributed by atoms with Gasteiger partial charge in [-0.3, -0.25) is 4.79 Å². The molecule has 2 rings (SSSR count). The first-order valence-electron chi connectivity index (χ1n) is 7.08. The molecule has 0 atom stereocenters. The lowest BCUT2D eigenvalue weighted by atomic mass is 10.1. The second-order valence-electron chi connectivity index (χ2n) is 5.13. The molecule has 0 aliphatic carbocycles. The molecule has 0 heterocycles. The Morgan fingerprint density at radius 1 is 1.04 bits per heavy atom. The molecule has 0 radical (unpaired) electrons. The lowest BCUT2D eigenvalue weighted by molar-refractivity contribution is -0.137. The number of hydrogen-bond donors (Lipinski definition) is 2. The molecule has 2 aromatic rings. The van der Waals surface area contributed by atoms with E-state index in [1.54, 1.807) is 0 Å². The number of hydrogen-bond acceptors (Lipinski definition) is 2. The first-order valence-corrected chi connectivity index (χ1v) is 7.08. The number of amides is 1. The number of alkyl halides is 3. The highest BCUT2D eigenvalue weighted by molar-refractivity contribution is 5.80. The fourth-order valence-electron chi connectivity index (χ4n) is 2.02. The number of carbonyl (C=O) groups excluding carboxylic acids is 1. The van der Waals surface area contributed by atoms with Crippen LogP contribution in [0.25, 0.3) is 0 Å². The van der Waals surface area contributed by atoms with Gasteiger partial charge in [-0.05, 0) is 42.3 Å². The molecule has 0 aliphatic rings. The van der Waals surface area contributed by atoms with Gasteiger partial charge in [0, 0.05) is 12.2 Å². The monoisotopic (exact) mass is 322 g/mol. The topological polar surface area (TPSA) is 41.1 Å². The summed E-state index contributed by atoms with van der Waals surface area (Å²) < 4.78 is 37.3. The van der Waals surface area contributed by atoms with Crippen LogP contribution in [0.4, 0.5) is 18.9 Å². The standard InChI is InChI=1S/C17H17F3N2O/c1-12-4-2-3-5-13(12)10-22-16(23)11-21-15-8-6-14(7-9-15)17(18,19)20/h2-9,21H,10-11H2,1H3,(H,22,23). The molecule has 0 aliphatic heterocycles. The fourth-order valence-corrected chi connectivity index (χ4v) is 2.02. The fraction of sp³-hybridized carbons (Fsp3) is 0.235. The van der Waals surface area contributed by atoms with Crippen LogP contribution >= 0.6 is 0 Å². The normalized spacial score (nSPS) is 11.1. The Kier molecular flexibility index (Phi) is 5.26. The van der Waals surface area contributed by atoms with E-state index in [0.29, 0.717) is 12.2 Å². The number of aryl methyl sites for hydroxylation is 1. The van der Waals surface area contributed by atoms with Crippen molar-refractivity contribution in [3.8, 4) is 0 Å². The zero-order valence-electron chi connectivity index (χ0n) is 12.6. The van der Waals surface area contributed by atoms with Crippen molar-refractivity contribution in [2.45, 2.75) is 19.6 Å². The van der Waals surface area contributed by atoms with Gasteiger partial charge in [0.2, 0.25) is 5.91 Å². The van der Waals surface area contributed by atoms with Crippen LogP contribution in [-0.4, -0.2) is 12.5 Å². The predicted molar refractivity (Wildman–Crippen MR) is 83.0 cm³/mol. The van der Waals surface area contributed by atoms with Crippen molar-refractivity contribution in [2.75, 3.05) is 11.9 Å². The quantitative estimate of drug-likeness (QED) is 0.880. The Hall–Kier alpha value is -2.50. The second-order valence-corrected chi connectivity index (χ2v) is 5.13. The lowest BCUT2D eigenvalue weighted by Crippen LogP contribution is -2.29. The Morgan fingerprint density at radius 3 is 2.30 bits per heavy atom. The molecule has 0 unspecified atom stereocenters. The maximum Gasteiger partial charge on any atom is 0.416 e. The highest BCUT2D eigenvalue weighted by atomic mass is 19.4. The van der Waals surface area contributed by atoms with Gasteiger partial charge in [0.05, 0.1) is 12.1 Å². The van der Waals surface area contributed by atoms with Crippen molar-refractivity contribution < 1.29 is 18.0 Å². The van der Waals surface area contributed by atoms with Crippen LogP contribution in [0, 0.1) is 6.92 Å². The summed E-state index contributed by atoms with van der Waals surface area (Å²) in [5, 5.41) is 5.56. The van der Waals surface area contributed by atoms with Gasteiger partial charge < -0.3 is 10.6 Å². The summed E-state index contributed by atoms with van der Waals surface area (Å²) in [7, 11) is 0. The number of carbonyl (C=O) groups is 1. The van der Waals surface area contributed by atoms with Crippen LogP contribution < -0.4 is 10.6 Å². The average Bonchev–Trinajstić information content (AvgIpc) is 2.51. The lowest BCUT2D eigenvalue weighted by Gasteiger charge is -2.10. The van der Waals surface area contributed by atoms with Gasteiger partial charge in [0.15, 0.2) is 0 Å². The first-order chi connectivity index (χ1) is 10.9. The Bertz CT molecular complexity index is 666. The summed E-state index contributed by atoms with van der Waals surface area (Å²) in [6.07, 6.45) is -4.36. The minimum atomic E-state index is -4.36. The second kappa shape index (κ2) is 7.17. The SMILES string of the molecule is Cc1ccccc1CNC(=O)CNc1ccc(C(F)(F)F)cc1. The zero-order chi connectivity index (χ0) is 16.9. The van der Waals surface area contributed by atoms with E-state index in [9.17, 15) is 18.0 Å². The van der Waals surface area contributed by atoms with Gasteiger partial charge in [0.25, 0.3) is 0 Å². The van der Waals surface area contributed by atoms with Crippen molar-refractivity contribution in [2.24, 2.45) is 0 Å². The van der Waals surface area contributed by atoms with Gasteiger partial charge in [-0.15, -0.1) is 0 Å². The van der Waals surface area contributed by atoms with Crippen LogP contribution in [0.2, 0.25) is 0 Å². The Labute approximate surface area is 132 Å². The van der Waals surface area contributed by atoms with Crippen LogP contribution in [-0.2, 0) is 17.5 Å². The molecule has 0 saturated heterocycles. The Balaban J connectivity index is 1.81. The van der Waals surface area contributed by atoms with Crippen LogP contribution in [0.3, 0.4) is 0 Å². The van der Waals surface area contributed by atoms with Gasteiger partial charge in [-0.25, -0.2) is 0 Å². The van der Waals surface area contributed by atoms with E-state index in [-0.39, 0.29) is 12.5 Å². The van der Waals surface area contributed by atoms with Crippen molar-refractivity contribution in [3.63, 3.8) is 0 Å². The van der Waals surface area contributed by atoms with Crippen LogP contribution in [0.1, 0.15) is 16.7 Å². The number of anilines is 1. The van der Waals surface area contributed by atoms with E-state index in [1.807, 2.05) is 31.2 Å². The number of rotatable bonds is 5. The average molecular weight is 322 g/mol. The van der Waals surface area contributed by atoms with Gasteiger partial charge in [-0.2, -0.15) is 13.2 Å². The molecular weight excluding hydrogens is 305 g/mol. The highest BCUT2D eigenvalue weighted by Crippen LogP contribution is 2.29. The van der Waals surface area contributed by atoms with E-state index in [4.69, 9.17) is 0 Å². The molecule has 0 spiro atoms. The molecule has 1 amide bonds. The van der Waals surface area contributed by atoms with E-state index >= 15 is 0 Å². The largest absolute Gasteiger partial charge is 0.416 e. The smallest absolute Gasteiger partial charge is 0.376 e. The van der Waals surface area contributed by atoms with Gasteiger partial charge >= 0.3 is 6.18 Å². The maximum atomic E-state index is 12.4. The third kappa shape index (κ3) is 5.02. The van der Waals surface area contributed by atoms with Crippen LogP contribution in [0.5, 0.6) is 0 Å². The molecule has 0 aromatic heterocycles. The van der Waals surface area contributed by atoms with Crippen molar-refractivity contribution >= 4 is 11.6 Å². The van der Waals surface area contributed by atoms with E-state index in [2.05, 4.69) is 10.6 Å². The molecule has 122 valence electrons. The minimum Gasteiger partial charge on any atom is -0.376 e. The molecule has 2 aromatic carbocycles. The van der Waals surface area contributed by atoms with E-state index < -0.39 is 11.7 Å². The number of halogens is 3. The predicted octanol–water partition coefficient (Wildman–Crippen LogP) is 3.74. The number of benzene rings is 2. The molecule has 6 heteroatoms. The van der Waals surface area contributed by atoms with Gasteiger partial charge in [-0.1, -0.05) is 24.3 Å². The number of nitrogens with one attached hydrogen (secondary N) is 2. The molecule has 0 fully saturated rings. The molecule has 23 heavy (non-hydrogen) atoms. The molecule has 0 saturated carbocycles. The molecule has 2 N–H and O–H groups in total. The molecule has 3 nitrogen and oxygen atoms in total. The third-order valence-corrected chi connectivity index (χ3v) is 3.40. The summed E-state index contributed by atoms with van der Waals surface area (Å²) in [6.45, 7) is 2.37. The Morgan fingerprint density at radius 2 is 1.70 bits per heavy atom. The molecular formula is C17H17F3N2O. The van der Waals surface area contributed by atoms with E-state index in [0.717, 1.165) is 23.3 Å². The summed E-state index contributed by atoms with van der Waals surface area (Å²) >= 11 is 0. The summed E-state index contributed by atoms with van der Waals surface area (Å²) in [6, 6.07) is 12.3. The van der Waals surface area contributed by atoms with Gasteiger partial charge in [0.1, 0.15) is 0 Å². The molecule has 0 bridgehead atoms. The highest BCUT2D eigenvalue weighted by Gasteiger charge is 2.29. The van der Waals surface area contributed by atoms with Crippen molar-refractivity contribution in [1.29, 1.82) is 0 Å². The third-order valence-electron chi connectivity index (χ3n) is 3.40. The first kappa shape index (κ1) is 16.9. The van der Waals surface area contributed by atoms with Crippen molar-refractivity contribution in [1.82, 2.24) is 5.32 Å². The van der Waals surface area contributed by atoms with Crippen molar-refractivity contribution in [3.05, 3.63) is 65.2 Å². The minimum absolute atomic E-state index is 0.00273. The summed E-state index contributed by atoms with van der Waals surface area (Å²) in [5.74, 6) is -0.229. The zero-order valence-corrected chi connectivity index (χ0v) is 12.6. The summed E-state index contributed by atoms with van der Waals surface area (Å²) in [4.78, 5) is 11.8.